The molecule has 0 aliphatic carbocycles. The summed E-state index contributed by atoms with van der Waals surface area (Å²) in [5, 5.41) is 12.1. The number of nitrogens with zero attached hydrogens (tertiary/aromatic N) is 2. The van der Waals surface area contributed by atoms with E-state index in [0.29, 0.717) is 28.6 Å². The molecule has 0 radical (unpaired) electrons. The Hall–Kier alpha value is -3.92. The first-order chi connectivity index (χ1) is 17.1. The molecule has 1 unspecified atom stereocenters. The summed E-state index contributed by atoms with van der Waals surface area (Å²) in [5.41, 5.74) is 3.26. The lowest BCUT2D eigenvalue weighted by atomic mass is 10.2. The number of urea groups is 1. The second-order valence-corrected chi connectivity index (χ2v) is 8.47. The van der Waals surface area contributed by atoms with Crippen molar-refractivity contribution in [3.8, 4) is 11.5 Å². The predicted molar refractivity (Wildman–Crippen MR) is 133 cm³/mol. The molecule has 188 valence electrons. The first-order valence-electron chi connectivity index (χ1n) is 10.9. The lowest BCUT2D eigenvalue weighted by Gasteiger charge is -2.26. The first kappa shape index (κ1) is 25.2. The van der Waals surface area contributed by atoms with Gasteiger partial charge in [-0.15, -0.1) is 13.2 Å². The lowest BCUT2D eigenvalue weighted by Crippen LogP contribution is -2.32. The summed E-state index contributed by atoms with van der Waals surface area (Å²) >= 11 is 6.42. The Bertz CT molecular complexity index is 1280. The maximum Gasteiger partial charge on any atom is 0.573 e. The van der Waals surface area contributed by atoms with E-state index in [1.54, 1.807) is 35.3 Å². The number of halogens is 4. The third-order valence-corrected chi connectivity index (χ3v) is 5.43. The van der Waals surface area contributed by atoms with Gasteiger partial charge in [0.25, 0.3) is 0 Å². The van der Waals surface area contributed by atoms with Gasteiger partial charge in [0, 0.05) is 17.8 Å². The molecule has 0 aromatic heterocycles. The van der Waals surface area contributed by atoms with Crippen LogP contribution >= 0.6 is 11.6 Å². The fourth-order valence-electron chi connectivity index (χ4n) is 3.57. The molecular formula is C25H22ClF3N4O3. The molecule has 0 fully saturated rings. The van der Waals surface area contributed by atoms with Crippen molar-refractivity contribution < 1.29 is 27.4 Å². The molecule has 2 amide bonds. The SMILES string of the molecule is CC1=NN(c2cc(C)ccc2Cl)C(Oc2ccccc2NC(=O)Nc2ccc(OC(F)(F)F)cc2)C1. The number of benzene rings is 3. The average Bonchev–Trinajstić information content (AvgIpc) is 3.17. The topological polar surface area (TPSA) is 75.2 Å². The number of hydrogen-bond donors (Lipinski definition) is 2. The molecule has 11 heteroatoms. The zero-order chi connectivity index (χ0) is 25.9. The van der Waals surface area contributed by atoms with Crippen LogP contribution in [0.2, 0.25) is 5.02 Å². The molecule has 1 atom stereocenters. The molecule has 1 heterocycles. The highest BCUT2D eigenvalue weighted by Crippen LogP contribution is 2.35. The molecule has 0 bridgehead atoms. The summed E-state index contributed by atoms with van der Waals surface area (Å²) in [5.74, 6) is 0.0183. The fraction of sp³-hybridized carbons (Fsp3) is 0.200. The van der Waals surface area contributed by atoms with Crippen LogP contribution in [0.5, 0.6) is 11.5 Å². The van der Waals surface area contributed by atoms with Crippen molar-refractivity contribution in [1.29, 1.82) is 0 Å². The molecular weight excluding hydrogens is 497 g/mol. The molecule has 0 spiro atoms. The number of alkyl halides is 3. The zero-order valence-corrected chi connectivity index (χ0v) is 20.0. The highest BCUT2D eigenvalue weighted by Gasteiger charge is 2.31. The van der Waals surface area contributed by atoms with Gasteiger partial charge in [0.15, 0.2) is 6.23 Å². The predicted octanol–water partition coefficient (Wildman–Crippen LogP) is 7.18. The van der Waals surface area contributed by atoms with Gasteiger partial charge in [0.1, 0.15) is 11.5 Å². The van der Waals surface area contributed by atoms with Crippen molar-refractivity contribution in [2.45, 2.75) is 32.9 Å². The van der Waals surface area contributed by atoms with Crippen LogP contribution in [0.25, 0.3) is 0 Å². The van der Waals surface area contributed by atoms with Gasteiger partial charge < -0.3 is 20.1 Å². The Kier molecular flexibility index (Phi) is 7.25. The molecule has 4 rings (SSSR count). The van der Waals surface area contributed by atoms with Gasteiger partial charge in [-0.1, -0.05) is 29.8 Å². The Labute approximate surface area is 210 Å². The largest absolute Gasteiger partial charge is 0.573 e. The van der Waals surface area contributed by atoms with E-state index in [2.05, 4.69) is 20.5 Å². The van der Waals surface area contributed by atoms with E-state index >= 15 is 0 Å². The molecule has 7 nitrogen and oxygen atoms in total. The van der Waals surface area contributed by atoms with Gasteiger partial charge in [0.2, 0.25) is 0 Å². The van der Waals surface area contributed by atoms with Crippen molar-refractivity contribution in [2.24, 2.45) is 5.10 Å². The normalized spacial score (nSPS) is 15.3. The van der Waals surface area contributed by atoms with Crippen molar-refractivity contribution >= 4 is 40.4 Å². The Morgan fingerprint density at radius 2 is 1.78 bits per heavy atom. The number of amides is 2. The van der Waals surface area contributed by atoms with Gasteiger partial charge >= 0.3 is 12.4 Å². The first-order valence-corrected chi connectivity index (χ1v) is 11.2. The van der Waals surface area contributed by atoms with Crippen LogP contribution in [-0.2, 0) is 0 Å². The maximum absolute atomic E-state index is 12.6. The second kappa shape index (κ2) is 10.4. The molecule has 36 heavy (non-hydrogen) atoms. The summed E-state index contributed by atoms with van der Waals surface area (Å²) < 4.78 is 47.1. The number of nitrogens with one attached hydrogen (secondary N) is 2. The van der Waals surface area contributed by atoms with Crippen LogP contribution in [-0.4, -0.2) is 24.3 Å². The van der Waals surface area contributed by atoms with Gasteiger partial charge in [-0.25, -0.2) is 9.80 Å². The number of ether oxygens (including phenoxy) is 2. The van der Waals surface area contributed by atoms with Crippen LogP contribution in [0.4, 0.5) is 35.0 Å². The smallest absolute Gasteiger partial charge is 0.466 e. The minimum absolute atomic E-state index is 0.278. The highest BCUT2D eigenvalue weighted by atomic mass is 35.5. The number of anilines is 3. The number of carbonyl (C=O) groups is 1. The minimum Gasteiger partial charge on any atom is -0.466 e. The van der Waals surface area contributed by atoms with E-state index in [0.717, 1.165) is 23.4 Å². The van der Waals surface area contributed by atoms with Crippen LogP contribution < -0.4 is 25.1 Å². The van der Waals surface area contributed by atoms with Crippen LogP contribution in [0.15, 0.2) is 71.8 Å². The molecule has 1 aliphatic heterocycles. The molecule has 3 aromatic carbocycles. The van der Waals surface area contributed by atoms with Crippen molar-refractivity contribution in [2.75, 3.05) is 15.6 Å². The molecule has 0 saturated carbocycles. The Balaban J connectivity index is 1.45. The number of hydrogen-bond acceptors (Lipinski definition) is 5. The lowest BCUT2D eigenvalue weighted by molar-refractivity contribution is -0.274. The van der Waals surface area contributed by atoms with E-state index in [1.807, 2.05) is 26.0 Å². The Morgan fingerprint density at radius 3 is 2.50 bits per heavy atom. The number of para-hydroxylation sites is 2. The fourth-order valence-corrected chi connectivity index (χ4v) is 3.78. The van der Waals surface area contributed by atoms with Crippen LogP contribution in [0.3, 0.4) is 0 Å². The number of hydrazone groups is 1. The van der Waals surface area contributed by atoms with Crippen molar-refractivity contribution in [3.63, 3.8) is 0 Å². The Morgan fingerprint density at radius 1 is 1.06 bits per heavy atom. The van der Waals surface area contributed by atoms with Crippen molar-refractivity contribution in [3.05, 3.63) is 77.3 Å². The highest BCUT2D eigenvalue weighted by molar-refractivity contribution is 6.33. The summed E-state index contributed by atoms with van der Waals surface area (Å²) in [6.45, 7) is 3.85. The third kappa shape index (κ3) is 6.39. The van der Waals surface area contributed by atoms with E-state index in [-0.39, 0.29) is 11.4 Å². The minimum atomic E-state index is -4.79. The number of aryl methyl sites for hydroxylation is 1. The number of rotatable bonds is 6. The molecule has 2 N–H and O–H groups in total. The summed E-state index contributed by atoms with van der Waals surface area (Å²) in [4.78, 5) is 12.6. The van der Waals surface area contributed by atoms with Crippen LogP contribution in [0.1, 0.15) is 18.9 Å². The van der Waals surface area contributed by atoms with Gasteiger partial charge in [0.05, 0.1) is 16.4 Å². The third-order valence-electron chi connectivity index (χ3n) is 5.11. The monoisotopic (exact) mass is 518 g/mol. The van der Waals surface area contributed by atoms with Gasteiger partial charge in [-0.3, -0.25) is 0 Å². The quantitative estimate of drug-likeness (QED) is 0.362. The molecule has 3 aromatic rings. The van der Waals surface area contributed by atoms with E-state index in [9.17, 15) is 18.0 Å². The maximum atomic E-state index is 12.6. The zero-order valence-electron chi connectivity index (χ0n) is 19.3. The van der Waals surface area contributed by atoms with E-state index in [4.69, 9.17) is 16.3 Å². The van der Waals surface area contributed by atoms with Crippen molar-refractivity contribution in [1.82, 2.24) is 0 Å². The second-order valence-electron chi connectivity index (χ2n) is 8.06. The summed E-state index contributed by atoms with van der Waals surface area (Å²) in [6.07, 6.45) is -4.76. The van der Waals surface area contributed by atoms with Gasteiger partial charge in [-0.2, -0.15) is 5.10 Å². The molecule has 0 saturated heterocycles. The summed E-state index contributed by atoms with van der Waals surface area (Å²) in [7, 11) is 0. The summed E-state index contributed by atoms with van der Waals surface area (Å²) in [6, 6.07) is 16.7. The standard InChI is InChI=1S/C25H22ClF3N4O3/c1-15-7-12-19(26)21(13-15)33-23(14-16(2)32-33)35-22-6-4-3-5-20(22)31-24(34)30-17-8-10-18(11-9-17)36-25(27,28)29/h3-13,23H,14H2,1-2H3,(H2,30,31,34). The molecule has 1 aliphatic rings. The van der Waals surface area contributed by atoms with Crippen LogP contribution in [0, 0.1) is 6.92 Å². The van der Waals surface area contributed by atoms with E-state index < -0.39 is 18.6 Å². The number of carbonyl (C=O) groups excluding carboxylic acids is 1. The average molecular weight is 519 g/mol. The van der Waals surface area contributed by atoms with Gasteiger partial charge in [-0.05, 0) is 67.9 Å². The van der Waals surface area contributed by atoms with E-state index in [1.165, 1.54) is 12.1 Å².